The first kappa shape index (κ1) is 21.8. The summed E-state index contributed by atoms with van der Waals surface area (Å²) in [6.07, 6.45) is 0.896. The Morgan fingerprint density at radius 1 is 1.21 bits per heavy atom. The summed E-state index contributed by atoms with van der Waals surface area (Å²) < 4.78 is 42.6. The first-order valence-corrected chi connectivity index (χ1v) is 11.4. The van der Waals surface area contributed by atoms with E-state index in [4.69, 9.17) is 13.9 Å². The molecular weight excluding hydrogens is 400 g/mol. The molecule has 2 aliphatic heterocycles. The molecule has 0 aliphatic carbocycles. The van der Waals surface area contributed by atoms with Crippen molar-refractivity contribution in [2.75, 3.05) is 32.8 Å². The molecule has 1 aromatic rings. The SMILES string of the molecule is CCOC(=O)c1ccc(S(=O)(=O)N2CCC(C(=O)N3CC(C)OCC3C)CC2)o1. The van der Waals surface area contributed by atoms with Crippen molar-refractivity contribution in [3.05, 3.63) is 17.9 Å². The van der Waals surface area contributed by atoms with Crippen LogP contribution in [0.5, 0.6) is 0 Å². The van der Waals surface area contributed by atoms with Crippen molar-refractivity contribution in [2.24, 2.45) is 5.92 Å². The van der Waals surface area contributed by atoms with E-state index >= 15 is 0 Å². The van der Waals surface area contributed by atoms with Gasteiger partial charge in [0.05, 0.1) is 25.4 Å². The highest BCUT2D eigenvalue weighted by molar-refractivity contribution is 7.89. The molecule has 1 amide bonds. The first-order chi connectivity index (χ1) is 13.7. The number of hydrogen-bond donors (Lipinski definition) is 0. The van der Waals surface area contributed by atoms with Crippen molar-refractivity contribution >= 4 is 21.9 Å². The number of carbonyl (C=O) groups excluding carboxylic acids is 2. The fraction of sp³-hybridized carbons (Fsp3) is 0.684. The molecule has 9 nitrogen and oxygen atoms in total. The summed E-state index contributed by atoms with van der Waals surface area (Å²) in [7, 11) is -3.87. The van der Waals surface area contributed by atoms with Crippen LogP contribution in [0.1, 0.15) is 44.2 Å². The second-order valence-electron chi connectivity index (χ2n) is 7.50. The van der Waals surface area contributed by atoms with Crippen LogP contribution in [-0.4, -0.2) is 74.5 Å². The van der Waals surface area contributed by atoms with Crippen LogP contribution in [0, 0.1) is 5.92 Å². The van der Waals surface area contributed by atoms with Gasteiger partial charge in [0.2, 0.25) is 16.8 Å². The molecule has 29 heavy (non-hydrogen) atoms. The summed E-state index contributed by atoms with van der Waals surface area (Å²) in [5.41, 5.74) is 0. The molecule has 2 atom stereocenters. The molecular formula is C19H28N2O7S. The van der Waals surface area contributed by atoms with Crippen LogP contribution in [0.4, 0.5) is 0 Å². The molecule has 0 N–H and O–H groups in total. The molecule has 0 radical (unpaired) electrons. The topological polar surface area (TPSA) is 106 Å². The monoisotopic (exact) mass is 428 g/mol. The van der Waals surface area contributed by atoms with Crippen molar-refractivity contribution in [3.63, 3.8) is 0 Å². The van der Waals surface area contributed by atoms with E-state index in [1.807, 2.05) is 18.7 Å². The number of rotatable bonds is 5. The smallest absolute Gasteiger partial charge is 0.374 e. The van der Waals surface area contributed by atoms with Gasteiger partial charge in [-0.15, -0.1) is 0 Å². The Kier molecular flexibility index (Phi) is 6.65. The van der Waals surface area contributed by atoms with Crippen molar-refractivity contribution in [2.45, 2.75) is 50.9 Å². The highest BCUT2D eigenvalue weighted by Gasteiger charge is 2.37. The van der Waals surface area contributed by atoms with E-state index < -0.39 is 16.0 Å². The molecule has 3 heterocycles. The van der Waals surface area contributed by atoms with Crippen LogP contribution in [0.2, 0.25) is 0 Å². The third-order valence-corrected chi connectivity index (χ3v) is 7.12. The van der Waals surface area contributed by atoms with Gasteiger partial charge in [0.15, 0.2) is 0 Å². The van der Waals surface area contributed by atoms with Crippen molar-refractivity contribution in [1.29, 1.82) is 0 Å². The van der Waals surface area contributed by atoms with Crippen LogP contribution < -0.4 is 0 Å². The maximum atomic E-state index is 12.9. The zero-order valence-electron chi connectivity index (χ0n) is 17.0. The fourth-order valence-corrected chi connectivity index (χ4v) is 5.07. The lowest BCUT2D eigenvalue weighted by atomic mass is 9.95. The van der Waals surface area contributed by atoms with E-state index in [2.05, 4.69) is 0 Å². The number of sulfonamides is 1. The molecule has 10 heteroatoms. The standard InChI is InChI=1S/C19H28N2O7S/c1-4-26-19(23)16-5-6-17(28-16)29(24,25)20-9-7-15(8-10-20)18(22)21-11-14(3)27-12-13(21)2/h5-6,13-15H,4,7-12H2,1-3H3. The highest BCUT2D eigenvalue weighted by atomic mass is 32.2. The van der Waals surface area contributed by atoms with E-state index in [0.29, 0.717) is 26.0 Å². The number of carbonyl (C=O) groups is 2. The largest absolute Gasteiger partial charge is 0.460 e. The number of hydrogen-bond acceptors (Lipinski definition) is 7. The van der Waals surface area contributed by atoms with Gasteiger partial charge in [-0.3, -0.25) is 4.79 Å². The highest BCUT2D eigenvalue weighted by Crippen LogP contribution is 2.27. The molecule has 3 rings (SSSR count). The zero-order valence-corrected chi connectivity index (χ0v) is 17.8. The predicted molar refractivity (Wildman–Crippen MR) is 103 cm³/mol. The molecule has 2 fully saturated rings. The minimum absolute atomic E-state index is 0.00293. The van der Waals surface area contributed by atoms with E-state index in [9.17, 15) is 18.0 Å². The summed E-state index contributed by atoms with van der Waals surface area (Å²) >= 11 is 0. The lowest BCUT2D eigenvalue weighted by Gasteiger charge is -2.40. The Morgan fingerprint density at radius 3 is 2.55 bits per heavy atom. The third-order valence-electron chi connectivity index (χ3n) is 5.35. The van der Waals surface area contributed by atoms with Gasteiger partial charge >= 0.3 is 5.97 Å². The van der Waals surface area contributed by atoms with Crippen molar-refractivity contribution in [1.82, 2.24) is 9.21 Å². The van der Waals surface area contributed by atoms with Gasteiger partial charge in [0, 0.05) is 25.6 Å². The second-order valence-corrected chi connectivity index (χ2v) is 9.37. The van der Waals surface area contributed by atoms with Gasteiger partial charge in [-0.25, -0.2) is 13.2 Å². The van der Waals surface area contributed by atoms with Crippen LogP contribution >= 0.6 is 0 Å². The molecule has 2 saturated heterocycles. The maximum absolute atomic E-state index is 12.9. The molecule has 0 spiro atoms. The molecule has 1 aromatic heterocycles. The van der Waals surface area contributed by atoms with E-state index in [1.54, 1.807) is 6.92 Å². The average Bonchev–Trinajstić information content (AvgIpc) is 3.21. The summed E-state index contributed by atoms with van der Waals surface area (Å²) in [6.45, 7) is 7.25. The predicted octanol–water partition coefficient (Wildman–Crippen LogP) is 1.49. The Hall–Kier alpha value is -1.91. The summed E-state index contributed by atoms with van der Waals surface area (Å²) in [4.78, 5) is 26.5. The van der Waals surface area contributed by atoms with Gasteiger partial charge in [0.1, 0.15) is 0 Å². The van der Waals surface area contributed by atoms with Gasteiger partial charge in [-0.1, -0.05) is 0 Å². The third kappa shape index (κ3) is 4.65. The Labute approximate surface area is 171 Å². The van der Waals surface area contributed by atoms with Crippen molar-refractivity contribution in [3.8, 4) is 0 Å². The maximum Gasteiger partial charge on any atom is 0.374 e. The lowest BCUT2D eigenvalue weighted by molar-refractivity contribution is -0.148. The van der Waals surface area contributed by atoms with Gasteiger partial charge in [-0.05, 0) is 45.7 Å². The van der Waals surface area contributed by atoms with Gasteiger partial charge in [-0.2, -0.15) is 4.31 Å². The average molecular weight is 429 g/mol. The normalized spacial score (nSPS) is 24.4. The zero-order chi connectivity index (χ0) is 21.2. The molecule has 0 saturated carbocycles. The second kappa shape index (κ2) is 8.85. The number of piperidine rings is 1. The Bertz CT molecular complexity index is 842. The van der Waals surface area contributed by atoms with E-state index in [-0.39, 0.29) is 54.5 Å². The fourth-order valence-electron chi connectivity index (χ4n) is 3.69. The van der Waals surface area contributed by atoms with E-state index in [0.717, 1.165) is 0 Å². The van der Waals surface area contributed by atoms with Crippen molar-refractivity contribution < 1.29 is 31.9 Å². The Morgan fingerprint density at radius 2 is 1.90 bits per heavy atom. The lowest BCUT2D eigenvalue weighted by Crippen LogP contribution is -2.53. The number of amides is 1. The minimum atomic E-state index is -3.87. The number of ether oxygens (including phenoxy) is 2. The number of furan rings is 1. The number of esters is 1. The number of morpholine rings is 1. The molecule has 2 unspecified atom stereocenters. The van der Waals surface area contributed by atoms with E-state index in [1.165, 1.54) is 16.4 Å². The first-order valence-electron chi connectivity index (χ1n) is 9.93. The molecule has 0 bridgehead atoms. The number of nitrogens with zero attached hydrogens (tertiary/aromatic N) is 2. The van der Waals surface area contributed by atoms with Crippen LogP contribution in [0.15, 0.2) is 21.6 Å². The molecule has 2 aliphatic rings. The van der Waals surface area contributed by atoms with Crippen LogP contribution in [-0.2, 0) is 24.3 Å². The van der Waals surface area contributed by atoms with Crippen LogP contribution in [0.25, 0.3) is 0 Å². The Balaban J connectivity index is 1.62. The summed E-state index contributed by atoms with van der Waals surface area (Å²) in [5.74, 6) is -0.994. The van der Waals surface area contributed by atoms with Crippen LogP contribution in [0.3, 0.4) is 0 Å². The minimum Gasteiger partial charge on any atom is -0.460 e. The quantitative estimate of drug-likeness (QED) is 0.654. The van der Waals surface area contributed by atoms with Gasteiger partial charge < -0.3 is 18.8 Å². The molecule has 0 aromatic carbocycles. The van der Waals surface area contributed by atoms with Gasteiger partial charge in [0.25, 0.3) is 10.0 Å². The molecule has 162 valence electrons. The summed E-state index contributed by atoms with van der Waals surface area (Å²) in [5, 5.41) is -0.291. The summed E-state index contributed by atoms with van der Waals surface area (Å²) in [6, 6.07) is 2.57.